The Kier molecular flexibility index (Phi) is 14.9. The van der Waals surface area contributed by atoms with Gasteiger partial charge >= 0.3 is 0 Å². The van der Waals surface area contributed by atoms with E-state index >= 15 is 0 Å². The molecule has 0 aliphatic heterocycles. The SMILES string of the molecule is CCCCCCCCCCCCCCCCS(=O)(=O)N/N=c1\cc(-c2ccc(Oc3ccc(C)cc3)cc2)n(C)c2ccc(S(=O)(=O)O)cc12. The predicted molar refractivity (Wildman–Crippen MR) is 202 cm³/mol. The number of sulfonamides is 1. The number of aryl methyl sites for hydroxylation is 2. The monoisotopic (exact) mass is 723 g/mol. The lowest BCUT2D eigenvalue weighted by Gasteiger charge is -2.15. The van der Waals surface area contributed by atoms with E-state index in [2.05, 4.69) is 16.9 Å². The van der Waals surface area contributed by atoms with Crippen molar-refractivity contribution in [3.05, 3.63) is 83.7 Å². The first-order valence-electron chi connectivity index (χ1n) is 18.0. The van der Waals surface area contributed by atoms with Crippen molar-refractivity contribution in [2.45, 2.75) is 109 Å². The van der Waals surface area contributed by atoms with E-state index in [0.29, 0.717) is 28.8 Å². The summed E-state index contributed by atoms with van der Waals surface area (Å²) in [5.74, 6) is 1.32. The predicted octanol–water partition coefficient (Wildman–Crippen LogP) is 9.41. The lowest BCUT2D eigenvalue weighted by atomic mass is 10.0. The van der Waals surface area contributed by atoms with Crippen LogP contribution >= 0.6 is 0 Å². The minimum atomic E-state index is -4.50. The fourth-order valence-electron chi connectivity index (χ4n) is 6.06. The molecule has 50 heavy (non-hydrogen) atoms. The molecule has 9 nitrogen and oxygen atoms in total. The molecular weight excluding hydrogens is 671 g/mol. The first-order chi connectivity index (χ1) is 24.0. The summed E-state index contributed by atoms with van der Waals surface area (Å²) in [6.07, 6.45) is 16.5. The Morgan fingerprint density at radius 3 is 1.76 bits per heavy atom. The topological polar surface area (TPSA) is 127 Å². The van der Waals surface area contributed by atoms with Crippen molar-refractivity contribution < 1.29 is 26.1 Å². The molecule has 0 radical (unpaired) electrons. The third-order valence-corrected chi connectivity index (χ3v) is 11.1. The van der Waals surface area contributed by atoms with Gasteiger partial charge in [0.15, 0.2) is 0 Å². The second-order valence-corrected chi connectivity index (χ2v) is 16.4. The van der Waals surface area contributed by atoms with Gasteiger partial charge in [0.25, 0.3) is 10.1 Å². The zero-order valence-corrected chi connectivity index (χ0v) is 31.4. The van der Waals surface area contributed by atoms with E-state index in [1.54, 1.807) is 12.1 Å². The van der Waals surface area contributed by atoms with Crippen molar-refractivity contribution in [3.63, 3.8) is 0 Å². The van der Waals surface area contributed by atoms with E-state index in [1.165, 1.54) is 76.3 Å². The molecule has 0 amide bonds. The number of rotatable bonds is 21. The molecule has 0 aliphatic carbocycles. The molecule has 2 N–H and O–H groups in total. The Bertz CT molecular complexity index is 1950. The molecular formula is C39H53N3O6S2. The Hall–Kier alpha value is -3.67. The summed E-state index contributed by atoms with van der Waals surface area (Å²) >= 11 is 0. The fourth-order valence-corrected chi connectivity index (χ4v) is 7.48. The highest BCUT2D eigenvalue weighted by molar-refractivity contribution is 7.89. The average Bonchev–Trinajstić information content (AvgIpc) is 3.09. The number of pyridine rings is 1. The van der Waals surface area contributed by atoms with Crippen LogP contribution in [0.3, 0.4) is 0 Å². The highest BCUT2D eigenvalue weighted by Gasteiger charge is 2.15. The molecule has 0 unspecified atom stereocenters. The maximum absolute atomic E-state index is 13.0. The third-order valence-electron chi connectivity index (χ3n) is 9.02. The van der Waals surface area contributed by atoms with Crippen LogP contribution in [-0.4, -0.2) is 31.7 Å². The van der Waals surface area contributed by atoms with Crippen LogP contribution in [0.25, 0.3) is 22.2 Å². The van der Waals surface area contributed by atoms with E-state index in [1.807, 2.05) is 67.1 Å². The molecule has 0 aliphatic rings. The summed E-state index contributed by atoms with van der Waals surface area (Å²) in [4.78, 5) is 2.06. The van der Waals surface area contributed by atoms with Crippen molar-refractivity contribution in [1.82, 2.24) is 9.40 Å². The number of nitrogens with zero attached hydrogens (tertiary/aromatic N) is 2. The van der Waals surface area contributed by atoms with Crippen LogP contribution in [0.2, 0.25) is 0 Å². The van der Waals surface area contributed by atoms with E-state index in [-0.39, 0.29) is 16.0 Å². The molecule has 3 aromatic carbocycles. The van der Waals surface area contributed by atoms with Gasteiger partial charge in [0.05, 0.1) is 27.2 Å². The van der Waals surface area contributed by atoms with Gasteiger partial charge in [-0.25, -0.2) is 13.2 Å². The highest BCUT2D eigenvalue weighted by atomic mass is 32.2. The fraction of sp³-hybridized carbons (Fsp3) is 0.462. The highest BCUT2D eigenvalue weighted by Crippen LogP contribution is 2.28. The zero-order chi connectivity index (χ0) is 36.0. The van der Waals surface area contributed by atoms with Crippen LogP contribution in [0.1, 0.15) is 102 Å². The number of benzene rings is 3. The van der Waals surface area contributed by atoms with Gasteiger partial charge < -0.3 is 9.30 Å². The van der Waals surface area contributed by atoms with Crippen LogP contribution in [-0.2, 0) is 27.2 Å². The van der Waals surface area contributed by atoms with Crippen molar-refractivity contribution >= 4 is 31.0 Å². The molecule has 4 rings (SSSR count). The smallest absolute Gasteiger partial charge is 0.294 e. The Morgan fingerprint density at radius 1 is 0.700 bits per heavy atom. The summed E-state index contributed by atoms with van der Waals surface area (Å²) < 4.78 is 67.4. The van der Waals surface area contributed by atoms with Crippen molar-refractivity contribution in [2.24, 2.45) is 12.1 Å². The van der Waals surface area contributed by atoms with Crippen molar-refractivity contribution in [3.8, 4) is 22.8 Å². The van der Waals surface area contributed by atoms with Gasteiger partial charge in [-0.3, -0.25) is 4.55 Å². The maximum atomic E-state index is 13.0. The number of fused-ring (bicyclic) bond motifs is 1. The number of hydrogen-bond donors (Lipinski definition) is 2. The normalized spacial score (nSPS) is 12.4. The van der Waals surface area contributed by atoms with Gasteiger partial charge in [-0.1, -0.05) is 108 Å². The van der Waals surface area contributed by atoms with Gasteiger partial charge in [-0.05, 0) is 79.6 Å². The number of unbranched alkanes of at least 4 members (excludes halogenated alkanes) is 13. The molecule has 0 fully saturated rings. The minimum Gasteiger partial charge on any atom is -0.457 e. The van der Waals surface area contributed by atoms with Crippen molar-refractivity contribution in [1.29, 1.82) is 0 Å². The Labute approximate surface area is 298 Å². The van der Waals surface area contributed by atoms with Crippen molar-refractivity contribution in [2.75, 3.05) is 5.75 Å². The molecule has 272 valence electrons. The van der Waals surface area contributed by atoms with E-state index < -0.39 is 20.1 Å². The second kappa shape index (κ2) is 19.1. The van der Waals surface area contributed by atoms with Gasteiger partial charge in [0, 0.05) is 12.4 Å². The molecule has 1 aromatic heterocycles. The Balaban J connectivity index is 1.40. The van der Waals surface area contributed by atoms with E-state index in [9.17, 15) is 21.4 Å². The van der Waals surface area contributed by atoms with Crippen LogP contribution in [0.4, 0.5) is 0 Å². The third kappa shape index (κ3) is 12.3. The molecule has 11 heteroatoms. The van der Waals surface area contributed by atoms with Gasteiger partial charge in [0.2, 0.25) is 10.0 Å². The molecule has 1 heterocycles. The van der Waals surface area contributed by atoms with Gasteiger partial charge in [-0.15, -0.1) is 0 Å². The standard InChI is InChI=1S/C39H53N3O6S2/c1-4-5-6-7-8-9-10-11-12-13-14-15-16-17-28-49(43,44)41-40-37-30-39(42(3)38-27-26-35(29-36(37)38)50(45,46)47)32-20-24-34(25-21-32)48-33-22-18-31(2)19-23-33/h18-27,29-30,41H,4-17,28H2,1-3H3,(H,45,46,47)/b40-37+. The van der Waals surface area contributed by atoms with E-state index in [0.717, 1.165) is 36.1 Å². The quantitative estimate of drug-likeness (QED) is 0.0501. The zero-order valence-electron chi connectivity index (χ0n) is 29.7. The molecule has 0 bridgehead atoms. The van der Waals surface area contributed by atoms with Gasteiger partial charge in [0.1, 0.15) is 11.5 Å². The lowest BCUT2D eigenvalue weighted by Crippen LogP contribution is -2.25. The summed E-state index contributed by atoms with van der Waals surface area (Å²) in [5, 5.41) is 4.86. The average molecular weight is 724 g/mol. The summed E-state index contributed by atoms with van der Waals surface area (Å²) in [7, 11) is -6.41. The summed E-state index contributed by atoms with van der Waals surface area (Å²) in [6.45, 7) is 4.26. The molecule has 0 saturated carbocycles. The van der Waals surface area contributed by atoms with E-state index in [4.69, 9.17) is 4.74 Å². The van der Waals surface area contributed by atoms with Crippen LogP contribution in [0.5, 0.6) is 11.5 Å². The Morgan fingerprint density at radius 2 is 1.22 bits per heavy atom. The second-order valence-electron chi connectivity index (χ2n) is 13.2. The summed E-state index contributed by atoms with van der Waals surface area (Å²) in [5.41, 5.74) is 3.26. The molecule has 0 spiro atoms. The summed E-state index contributed by atoms with van der Waals surface area (Å²) in [6, 6.07) is 21.1. The first-order valence-corrected chi connectivity index (χ1v) is 21.1. The maximum Gasteiger partial charge on any atom is 0.294 e. The number of hydrogen-bond acceptors (Lipinski definition) is 6. The number of aromatic nitrogens is 1. The van der Waals surface area contributed by atoms with Crippen LogP contribution in [0, 0.1) is 6.92 Å². The molecule has 4 aromatic rings. The lowest BCUT2D eigenvalue weighted by molar-refractivity contribution is 0.482. The molecule has 0 saturated heterocycles. The van der Waals surface area contributed by atoms with Crippen LogP contribution in [0.15, 0.2) is 82.8 Å². The first kappa shape index (κ1) is 39.1. The number of ether oxygens (including phenoxy) is 1. The minimum absolute atomic E-state index is 0.0569. The number of nitrogens with one attached hydrogen (secondary N) is 1. The molecule has 0 atom stereocenters. The van der Waals surface area contributed by atoms with Gasteiger partial charge in [-0.2, -0.15) is 13.5 Å². The largest absolute Gasteiger partial charge is 0.457 e. The van der Waals surface area contributed by atoms with Crippen LogP contribution < -0.4 is 14.9 Å².